The average Bonchev–Trinajstić information content (AvgIpc) is 3.30. The fourth-order valence-corrected chi connectivity index (χ4v) is 3.47. The van der Waals surface area contributed by atoms with Crippen molar-refractivity contribution < 1.29 is 14.1 Å². The third-order valence-electron chi connectivity index (χ3n) is 4.08. The van der Waals surface area contributed by atoms with Crippen LogP contribution in [0.25, 0.3) is 11.3 Å². The second kappa shape index (κ2) is 7.79. The zero-order chi connectivity index (χ0) is 18.6. The zero-order valence-corrected chi connectivity index (χ0v) is 15.5. The van der Waals surface area contributed by atoms with Crippen LogP contribution in [-0.2, 0) is 17.8 Å². The van der Waals surface area contributed by atoms with Gasteiger partial charge in [-0.25, -0.2) is 9.97 Å². The first-order valence-electron chi connectivity index (χ1n) is 8.59. The molecule has 27 heavy (non-hydrogen) atoms. The van der Waals surface area contributed by atoms with E-state index in [2.05, 4.69) is 33.4 Å². The van der Waals surface area contributed by atoms with Crippen LogP contribution in [0.3, 0.4) is 0 Å². The van der Waals surface area contributed by atoms with Crippen molar-refractivity contribution in [3.8, 4) is 17.1 Å². The molecule has 3 heterocycles. The second-order valence-corrected chi connectivity index (χ2v) is 7.18. The van der Waals surface area contributed by atoms with Gasteiger partial charge in [0.15, 0.2) is 10.9 Å². The molecule has 138 valence electrons. The molecule has 0 fully saturated rings. The minimum atomic E-state index is -0.110. The second-order valence-electron chi connectivity index (χ2n) is 6.23. The average molecular weight is 382 g/mol. The van der Waals surface area contributed by atoms with Gasteiger partial charge in [-0.15, -0.1) is 0 Å². The van der Waals surface area contributed by atoms with Crippen LogP contribution in [0.5, 0.6) is 5.75 Å². The van der Waals surface area contributed by atoms with E-state index in [1.807, 2.05) is 18.2 Å². The zero-order valence-electron chi connectivity index (χ0n) is 14.7. The predicted molar refractivity (Wildman–Crippen MR) is 100 cm³/mol. The highest BCUT2D eigenvalue weighted by molar-refractivity contribution is 7.99. The molecule has 8 heteroatoms. The number of hydrogen-bond acceptors (Lipinski definition) is 7. The van der Waals surface area contributed by atoms with Crippen molar-refractivity contribution in [2.24, 2.45) is 0 Å². The molecule has 2 aromatic heterocycles. The standard InChI is InChI=1S/C19H18N4O3S/c1-12-7-14-8-13(3-4-16(14)25-12)17-9-15(23-26-17)10-22-18(24)11-27-19-20-5-2-6-21-19/h2-6,8-9,12H,7,10-11H2,1H3,(H,22,24). The summed E-state index contributed by atoms with van der Waals surface area (Å²) in [7, 11) is 0. The molecular weight excluding hydrogens is 364 g/mol. The minimum Gasteiger partial charge on any atom is -0.490 e. The number of nitrogens with one attached hydrogen (secondary N) is 1. The molecule has 0 radical (unpaired) electrons. The molecular formula is C19H18N4O3S. The van der Waals surface area contributed by atoms with Gasteiger partial charge < -0.3 is 14.6 Å². The highest BCUT2D eigenvalue weighted by Crippen LogP contribution is 2.33. The molecule has 3 aromatic rings. The van der Waals surface area contributed by atoms with Crippen molar-refractivity contribution in [1.29, 1.82) is 0 Å². The molecule has 1 unspecified atom stereocenters. The number of ether oxygens (including phenoxy) is 1. The molecule has 1 aliphatic rings. The van der Waals surface area contributed by atoms with Crippen molar-refractivity contribution >= 4 is 17.7 Å². The minimum absolute atomic E-state index is 0.110. The third-order valence-corrected chi connectivity index (χ3v) is 4.96. The number of thioether (sulfide) groups is 1. The Morgan fingerprint density at radius 1 is 1.30 bits per heavy atom. The summed E-state index contributed by atoms with van der Waals surface area (Å²) in [5, 5.41) is 7.44. The normalized spacial score (nSPS) is 15.2. The highest BCUT2D eigenvalue weighted by atomic mass is 32.2. The van der Waals surface area contributed by atoms with E-state index in [1.54, 1.807) is 18.5 Å². The monoisotopic (exact) mass is 382 g/mol. The Hall–Kier alpha value is -2.87. The number of aromatic nitrogens is 3. The summed E-state index contributed by atoms with van der Waals surface area (Å²) in [6, 6.07) is 9.56. The van der Waals surface area contributed by atoms with E-state index in [1.165, 1.54) is 17.3 Å². The van der Waals surface area contributed by atoms with E-state index in [4.69, 9.17) is 9.26 Å². The fourth-order valence-electron chi connectivity index (χ4n) is 2.84. The molecule has 1 aliphatic heterocycles. The number of nitrogens with zero attached hydrogens (tertiary/aromatic N) is 3. The van der Waals surface area contributed by atoms with Gasteiger partial charge in [0.1, 0.15) is 17.5 Å². The predicted octanol–water partition coefficient (Wildman–Crippen LogP) is 2.86. The SMILES string of the molecule is CC1Cc2cc(-c3cc(CNC(=O)CSc4ncccn4)no3)ccc2O1. The van der Waals surface area contributed by atoms with Crippen LogP contribution in [0.4, 0.5) is 0 Å². The van der Waals surface area contributed by atoms with Gasteiger partial charge in [-0.2, -0.15) is 0 Å². The number of benzene rings is 1. The summed E-state index contributed by atoms with van der Waals surface area (Å²) in [4.78, 5) is 20.1. The Bertz CT molecular complexity index is 945. The largest absolute Gasteiger partial charge is 0.490 e. The molecule has 0 spiro atoms. The van der Waals surface area contributed by atoms with Crippen molar-refractivity contribution in [3.63, 3.8) is 0 Å². The first-order chi connectivity index (χ1) is 13.2. The summed E-state index contributed by atoms with van der Waals surface area (Å²) < 4.78 is 11.1. The van der Waals surface area contributed by atoms with Crippen LogP contribution in [0.1, 0.15) is 18.2 Å². The van der Waals surface area contributed by atoms with Crippen LogP contribution in [0.2, 0.25) is 0 Å². The van der Waals surface area contributed by atoms with Crippen LogP contribution >= 0.6 is 11.8 Å². The van der Waals surface area contributed by atoms with Crippen molar-refractivity contribution in [3.05, 3.63) is 54.0 Å². The van der Waals surface area contributed by atoms with Gasteiger partial charge >= 0.3 is 0 Å². The Balaban J connectivity index is 1.32. The molecule has 4 rings (SSSR count). The number of carbonyl (C=O) groups excluding carboxylic acids is 1. The lowest BCUT2D eigenvalue weighted by molar-refractivity contribution is -0.118. The van der Waals surface area contributed by atoms with Crippen molar-refractivity contribution in [2.75, 3.05) is 5.75 Å². The molecule has 7 nitrogen and oxygen atoms in total. The van der Waals surface area contributed by atoms with Crippen LogP contribution < -0.4 is 10.1 Å². The van der Waals surface area contributed by atoms with Gasteiger partial charge in [-0.3, -0.25) is 4.79 Å². The summed E-state index contributed by atoms with van der Waals surface area (Å²) in [5.41, 5.74) is 2.80. The quantitative estimate of drug-likeness (QED) is 0.518. The van der Waals surface area contributed by atoms with E-state index in [-0.39, 0.29) is 17.8 Å². The molecule has 1 aromatic carbocycles. The highest BCUT2D eigenvalue weighted by Gasteiger charge is 2.20. The number of amides is 1. The molecule has 0 aliphatic carbocycles. The smallest absolute Gasteiger partial charge is 0.230 e. The number of rotatable bonds is 6. The topological polar surface area (TPSA) is 90.1 Å². The third kappa shape index (κ3) is 4.28. The Morgan fingerprint density at radius 2 is 2.15 bits per heavy atom. The van der Waals surface area contributed by atoms with Gasteiger partial charge in [0.2, 0.25) is 5.91 Å². The van der Waals surface area contributed by atoms with E-state index < -0.39 is 0 Å². The van der Waals surface area contributed by atoms with E-state index in [0.29, 0.717) is 23.2 Å². The summed E-state index contributed by atoms with van der Waals surface area (Å²) in [5.74, 6) is 1.74. The summed E-state index contributed by atoms with van der Waals surface area (Å²) >= 11 is 1.29. The lowest BCUT2D eigenvalue weighted by Gasteiger charge is -2.02. The van der Waals surface area contributed by atoms with E-state index >= 15 is 0 Å². The Labute approximate surface area is 160 Å². The van der Waals surface area contributed by atoms with Gasteiger partial charge in [0.25, 0.3) is 0 Å². The van der Waals surface area contributed by atoms with Crippen molar-refractivity contribution in [1.82, 2.24) is 20.4 Å². The Morgan fingerprint density at radius 3 is 3.00 bits per heavy atom. The van der Waals surface area contributed by atoms with Gasteiger partial charge in [0, 0.05) is 30.4 Å². The maximum atomic E-state index is 12.0. The van der Waals surface area contributed by atoms with Crippen LogP contribution in [0.15, 0.2) is 52.4 Å². The maximum Gasteiger partial charge on any atom is 0.230 e. The number of carbonyl (C=O) groups is 1. The van der Waals surface area contributed by atoms with E-state index in [9.17, 15) is 4.79 Å². The van der Waals surface area contributed by atoms with Crippen LogP contribution in [0, 0.1) is 0 Å². The van der Waals surface area contributed by atoms with Gasteiger partial charge in [0.05, 0.1) is 12.3 Å². The maximum absolute atomic E-state index is 12.0. The first-order valence-corrected chi connectivity index (χ1v) is 9.58. The molecule has 1 atom stereocenters. The van der Waals surface area contributed by atoms with Crippen LogP contribution in [-0.4, -0.2) is 32.9 Å². The number of hydrogen-bond donors (Lipinski definition) is 1. The Kier molecular flexibility index (Phi) is 5.06. The molecule has 0 saturated heterocycles. The van der Waals surface area contributed by atoms with E-state index in [0.717, 1.165) is 17.7 Å². The summed E-state index contributed by atoms with van der Waals surface area (Å²) in [6.07, 6.45) is 4.39. The first kappa shape index (κ1) is 17.5. The number of fused-ring (bicyclic) bond motifs is 1. The molecule has 1 N–H and O–H groups in total. The molecule has 0 bridgehead atoms. The lowest BCUT2D eigenvalue weighted by Crippen LogP contribution is -2.24. The lowest BCUT2D eigenvalue weighted by atomic mass is 10.1. The van der Waals surface area contributed by atoms with Gasteiger partial charge in [-0.1, -0.05) is 16.9 Å². The summed E-state index contributed by atoms with van der Waals surface area (Å²) in [6.45, 7) is 2.36. The molecule has 0 saturated carbocycles. The molecule has 1 amide bonds. The van der Waals surface area contributed by atoms with Gasteiger partial charge in [-0.05, 0) is 36.8 Å². The van der Waals surface area contributed by atoms with Crippen molar-refractivity contribution in [2.45, 2.75) is 31.1 Å². The fraction of sp³-hybridized carbons (Fsp3) is 0.263.